The van der Waals surface area contributed by atoms with Crippen LogP contribution in [0.25, 0.3) is 0 Å². The minimum atomic E-state index is -0.415. The predicted molar refractivity (Wildman–Crippen MR) is 39.6 cm³/mol. The highest BCUT2D eigenvalue weighted by Gasteiger charge is 1.95. The first-order chi connectivity index (χ1) is 4.66. The molecule has 10 heavy (non-hydrogen) atoms. The van der Waals surface area contributed by atoms with Crippen LogP contribution in [0.3, 0.4) is 0 Å². The first-order valence-electron chi connectivity index (χ1n) is 2.82. The van der Waals surface area contributed by atoms with E-state index in [1.54, 1.807) is 7.98 Å². The fourth-order valence-corrected chi connectivity index (χ4v) is 0.374. The Bertz CT molecular complexity index is 167. The third-order valence-electron chi connectivity index (χ3n) is 0.701. The highest BCUT2D eigenvalue weighted by atomic mass is 16.2. The molecule has 5 heteroatoms. The Labute approximate surface area is 60.1 Å². The van der Waals surface area contributed by atoms with Crippen molar-refractivity contribution in [3.8, 4) is 0 Å². The van der Waals surface area contributed by atoms with Crippen molar-refractivity contribution in [1.29, 1.82) is 0 Å². The van der Waals surface area contributed by atoms with E-state index in [1.165, 1.54) is 19.2 Å². The van der Waals surface area contributed by atoms with Crippen LogP contribution >= 0.6 is 0 Å². The smallest absolute Gasteiger partial charge is 0.251 e. The van der Waals surface area contributed by atoms with Crippen LogP contribution in [0.4, 0.5) is 0 Å². The average molecular weight is 140 g/mol. The maximum atomic E-state index is 10.6. The van der Waals surface area contributed by atoms with Crippen molar-refractivity contribution in [3.05, 3.63) is 12.3 Å². The number of hydrogen-bond donors (Lipinski definition) is 2. The van der Waals surface area contributed by atoms with Crippen LogP contribution in [-0.2, 0) is 9.59 Å². The van der Waals surface area contributed by atoms with Gasteiger partial charge in [0.2, 0.25) is 13.9 Å². The second-order valence-corrected chi connectivity index (χ2v) is 1.67. The van der Waals surface area contributed by atoms with E-state index in [0.717, 1.165) is 0 Å². The fraction of sp³-hybridized carbons (Fsp3) is 0.200. The molecule has 4 nitrogen and oxygen atoms in total. The van der Waals surface area contributed by atoms with E-state index in [2.05, 4.69) is 10.5 Å². The molecule has 0 unspecified atom stereocenters. The van der Waals surface area contributed by atoms with Gasteiger partial charge in [-0.1, -0.05) is 0 Å². The quantitative estimate of drug-likeness (QED) is 0.355. The van der Waals surface area contributed by atoms with E-state index in [9.17, 15) is 9.59 Å². The zero-order valence-corrected chi connectivity index (χ0v) is 5.97. The van der Waals surface area contributed by atoms with E-state index >= 15 is 0 Å². The molecular formula is C5H9BN2O2. The van der Waals surface area contributed by atoms with Crippen LogP contribution < -0.4 is 10.5 Å². The van der Waals surface area contributed by atoms with Crippen molar-refractivity contribution in [3.63, 3.8) is 0 Å². The highest BCUT2D eigenvalue weighted by Crippen LogP contribution is 1.68. The summed E-state index contributed by atoms with van der Waals surface area (Å²) in [6.45, 7) is 1.28. The van der Waals surface area contributed by atoms with Crippen molar-refractivity contribution >= 4 is 19.8 Å². The van der Waals surface area contributed by atoms with Gasteiger partial charge < -0.3 is 5.23 Å². The zero-order valence-electron chi connectivity index (χ0n) is 5.97. The second-order valence-electron chi connectivity index (χ2n) is 1.67. The largest absolute Gasteiger partial charge is 0.440 e. The molecular weight excluding hydrogens is 131 g/mol. The summed E-state index contributed by atoms with van der Waals surface area (Å²) >= 11 is 0. The molecule has 0 aromatic heterocycles. The molecule has 0 aromatic carbocycles. The number of carbonyl (C=O) groups excluding carboxylic acids is 2. The second kappa shape index (κ2) is 4.61. The van der Waals surface area contributed by atoms with Crippen LogP contribution in [0.15, 0.2) is 12.3 Å². The van der Waals surface area contributed by atoms with Gasteiger partial charge in [0, 0.05) is 13.0 Å². The van der Waals surface area contributed by atoms with Gasteiger partial charge in [-0.3, -0.25) is 14.9 Å². The summed E-state index contributed by atoms with van der Waals surface area (Å²) in [5.41, 5.74) is 0. The summed E-state index contributed by atoms with van der Waals surface area (Å²) in [5, 5.41) is 4.69. The van der Waals surface area contributed by atoms with Gasteiger partial charge >= 0.3 is 0 Å². The van der Waals surface area contributed by atoms with Gasteiger partial charge in [-0.2, -0.15) is 0 Å². The SMILES string of the molecule is BN/C=C\C(=O)NC(C)=O. The Morgan fingerprint density at radius 1 is 1.50 bits per heavy atom. The molecule has 0 radical (unpaired) electrons. The minimum Gasteiger partial charge on any atom is -0.440 e. The maximum Gasteiger partial charge on any atom is 0.251 e. The third-order valence-corrected chi connectivity index (χ3v) is 0.701. The van der Waals surface area contributed by atoms with E-state index in [0.29, 0.717) is 0 Å². The topological polar surface area (TPSA) is 58.2 Å². The monoisotopic (exact) mass is 140 g/mol. The average Bonchev–Trinajstić information content (AvgIpc) is 1.82. The molecule has 0 aromatic rings. The molecule has 0 saturated carbocycles. The summed E-state index contributed by atoms with van der Waals surface area (Å²) in [6, 6.07) is 0. The maximum absolute atomic E-state index is 10.6. The lowest BCUT2D eigenvalue weighted by Gasteiger charge is -1.92. The fourth-order valence-electron chi connectivity index (χ4n) is 0.374. The highest BCUT2D eigenvalue weighted by molar-refractivity contribution is 6.06. The Balaban J connectivity index is 3.64. The Morgan fingerprint density at radius 3 is 2.50 bits per heavy atom. The van der Waals surface area contributed by atoms with Crippen molar-refractivity contribution in [2.45, 2.75) is 6.92 Å². The predicted octanol–water partition coefficient (Wildman–Crippen LogP) is -1.70. The molecule has 0 aliphatic rings. The van der Waals surface area contributed by atoms with Gasteiger partial charge in [0.25, 0.3) is 5.91 Å². The normalized spacial score (nSPS) is 9.30. The first-order valence-corrected chi connectivity index (χ1v) is 2.82. The molecule has 0 atom stereocenters. The first kappa shape index (κ1) is 8.74. The Hall–Kier alpha value is -1.26. The molecule has 0 aliphatic heterocycles. The lowest BCUT2D eigenvalue weighted by atomic mass is 10.4. The van der Waals surface area contributed by atoms with Crippen molar-refractivity contribution < 1.29 is 9.59 Å². The molecule has 0 saturated heterocycles. The lowest BCUT2D eigenvalue weighted by Crippen LogP contribution is -2.26. The van der Waals surface area contributed by atoms with Crippen LogP contribution in [-0.4, -0.2) is 19.8 Å². The van der Waals surface area contributed by atoms with Crippen LogP contribution in [0.1, 0.15) is 6.92 Å². The zero-order chi connectivity index (χ0) is 7.98. The van der Waals surface area contributed by atoms with E-state index in [4.69, 9.17) is 0 Å². The van der Waals surface area contributed by atoms with Crippen LogP contribution in [0, 0.1) is 0 Å². The number of carbonyl (C=O) groups is 2. The van der Waals surface area contributed by atoms with Gasteiger partial charge in [-0.15, -0.1) is 0 Å². The molecule has 0 heterocycles. The molecule has 2 N–H and O–H groups in total. The van der Waals surface area contributed by atoms with E-state index in [1.807, 2.05) is 0 Å². The lowest BCUT2D eigenvalue weighted by molar-refractivity contribution is -0.126. The molecule has 2 amide bonds. The Morgan fingerprint density at radius 2 is 2.10 bits per heavy atom. The number of imide groups is 1. The van der Waals surface area contributed by atoms with Gasteiger partial charge in [0.05, 0.1) is 0 Å². The number of rotatable bonds is 2. The number of amides is 2. The Kier molecular flexibility index (Phi) is 4.03. The molecule has 0 aliphatic carbocycles. The van der Waals surface area contributed by atoms with Crippen LogP contribution in [0.5, 0.6) is 0 Å². The number of hydrogen-bond acceptors (Lipinski definition) is 3. The third kappa shape index (κ3) is 4.89. The summed E-state index contributed by atoms with van der Waals surface area (Å²) in [6.07, 6.45) is 2.68. The molecule has 0 fully saturated rings. The standard InChI is InChI=1S/C5H9BN2O2/c1-4(9)8-5(10)2-3-7-6/h2-3,7H,6H2,1H3,(H,8,9,10)/b3-2-. The van der Waals surface area contributed by atoms with Gasteiger partial charge in [0.1, 0.15) is 0 Å². The van der Waals surface area contributed by atoms with E-state index < -0.39 is 5.91 Å². The van der Waals surface area contributed by atoms with Gasteiger partial charge in [0.15, 0.2) is 0 Å². The summed E-state index contributed by atoms with van der Waals surface area (Å²) in [7, 11) is 1.66. The molecule has 0 spiro atoms. The summed E-state index contributed by atoms with van der Waals surface area (Å²) in [4.78, 5) is 20.8. The molecule has 0 bridgehead atoms. The van der Waals surface area contributed by atoms with Gasteiger partial charge in [-0.25, -0.2) is 0 Å². The minimum absolute atomic E-state index is 0.356. The molecule has 54 valence electrons. The van der Waals surface area contributed by atoms with E-state index in [-0.39, 0.29) is 5.91 Å². The molecule has 0 rings (SSSR count). The number of nitrogens with one attached hydrogen (secondary N) is 2. The van der Waals surface area contributed by atoms with Crippen LogP contribution in [0.2, 0.25) is 0 Å². The van der Waals surface area contributed by atoms with Gasteiger partial charge in [-0.05, 0) is 6.20 Å². The summed E-state index contributed by atoms with van der Waals surface area (Å²) in [5.74, 6) is -0.771. The van der Waals surface area contributed by atoms with Crippen molar-refractivity contribution in [1.82, 2.24) is 10.5 Å². The van der Waals surface area contributed by atoms with Crippen molar-refractivity contribution in [2.24, 2.45) is 0 Å². The summed E-state index contributed by atoms with van der Waals surface area (Å²) < 4.78 is 0. The van der Waals surface area contributed by atoms with Crippen molar-refractivity contribution in [2.75, 3.05) is 0 Å².